The van der Waals surface area contributed by atoms with E-state index >= 15 is 0 Å². The zero-order valence-electron chi connectivity index (χ0n) is 8.30. The van der Waals surface area contributed by atoms with Gasteiger partial charge in [-0.15, -0.1) is 0 Å². The van der Waals surface area contributed by atoms with Crippen molar-refractivity contribution in [2.45, 2.75) is 12.7 Å². The van der Waals surface area contributed by atoms with E-state index < -0.39 is 5.79 Å². The van der Waals surface area contributed by atoms with E-state index in [1.54, 1.807) is 33.3 Å². The Morgan fingerprint density at radius 2 is 1.86 bits per heavy atom. The topological polar surface area (TPSA) is 18.5 Å². The molecule has 0 fully saturated rings. The SMILES string of the molecule is COC(C)(OC)c1ccc(F)c(Br)c1. The molecule has 0 amide bonds. The van der Waals surface area contributed by atoms with Crippen molar-refractivity contribution in [2.24, 2.45) is 0 Å². The molecule has 0 unspecified atom stereocenters. The Morgan fingerprint density at radius 1 is 1.29 bits per heavy atom. The third kappa shape index (κ3) is 2.13. The summed E-state index contributed by atoms with van der Waals surface area (Å²) in [4.78, 5) is 0. The minimum absolute atomic E-state index is 0.302. The van der Waals surface area contributed by atoms with E-state index in [1.807, 2.05) is 0 Å². The van der Waals surface area contributed by atoms with E-state index in [9.17, 15) is 4.39 Å². The maximum absolute atomic E-state index is 13.0. The van der Waals surface area contributed by atoms with E-state index in [2.05, 4.69) is 15.9 Å². The molecule has 2 nitrogen and oxygen atoms in total. The summed E-state index contributed by atoms with van der Waals surface area (Å²) in [5, 5.41) is 0. The van der Waals surface area contributed by atoms with Crippen molar-refractivity contribution in [1.29, 1.82) is 0 Å². The zero-order chi connectivity index (χ0) is 10.8. The zero-order valence-corrected chi connectivity index (χ0v) is 9.89. The molecule has 14 heavy (non-hydrogen) atoms. The van der Waals surface area contributed by atoms with Gasteiger partial charge in [0.05, 0.1) is 4.47 Å². The molecule has 0 saturated carbocycles. The molecule has 0 aliphatic rings. The van der Waals surface area contributed by atoms with Crippen LogP contribution in [-0.4, -0.2) is 14.2 Å². The van der Waals surface area contributed by atoms with E-state index in [-0.39, 0.29) is 5.82 Å². The smallest absolute Gasteiger partial charge is 0.191 e. The van der Waals surface area contributed by atoms with Gasteiger partial charge in [-0.3, -0.25) is 0 Å². The van der Waals surface area contributed by atoms with Crippen LogP contribution in [0, 0.1) is 5.82 Å². The third-order valence-corrected chi connectivity index (χ3v) is 2.83. The van der Waals surface area contributed by atoms with Crippen molar-refractivity contribution in [3.05, 3.63) is 34.1 Å². The van der Waals surface area contributed by atoms with Gasteiger partial charge in [-0.25, -0.2) is 4.39 Å². The summed E-state index contributed by atoms with van der Waals surface area (Å²) in [6.45, 7) is 1.77. The van der Waals surface area contributed by atoms with Gasteiger partial charge >= 0.3 is 0 Å². The molecular formula is C10H12BrFO2. The predicted octanol–water partition coefficient (Wildman–Crippen LogP) is 3.05. The van der Waals surface area contributed by atoms with E-state index in [4.69, 9.17) is 9.47 Å². The van der Waals surface area contributed by atoms with Gasteiger partial charge in [0.2, 0.25) is 0 Å². The molecule has 0 heterocycles. The molecule has 0 bridgehead atoms. The molecule has 1 rings (SSSR count). The Balaban J connectivity index is 3.12. The molecule has 0 N–H and O–H groups in total. The van der Waals surface area contributed by atoms with Crippen molar-refractivity contribution in [2.75, 3.05) is 14.2 Å². The minimum atomic E-state index is -0.837. The van der Waals surface area contributed by atoms with Gasteiger partial charge in [0.15, 0.2) is 5.79 Å². The van der Waals surface area contributed by atoms with Crippen LogP contribution in [0.4, 0.5) is 4.39 Å². The fourth-order valence-corrected chi connectivity index (χ4v) is 1.48. The lowest BCUT2D eigenvalue weighted by molar-refractivity contribution is -0.201. The first kappa shape index (κ1) is 11.6. The van der Waals surface area contributed by atoms with Crippen molar-refractivity contribution >= 4 is 15.9 Å². The quantitative estimate of drug-likeness (QED) is 0.780. The Hall–Kier alpha value is -0.450. The molecule has 0 aromatic heterocycles. The molecule has 0 spiro atoms. The average molecular weight is 263 g/mol. The second-order valence-electron chi connectivity index (χ2n) is 2.98. The van der Waals surface area contributed by atoms with Crippen LogP contribution in [0.15, 0.2) is 22.7 Å². The number of benzene rings is 1. The number of halogens is 2. The van der Waals surface area contributed by atoms with Crippen LogP contribution in [0.1, 0.15) is 12.5 Å². The van der Waals surface area contributed by atoms with E-state index in [1.165, 1.54) is 6.07 Å². The standard InChI is InChI=1S/C10H12BrFO2/c1-10(13-2,14-3)7-4-5-9(12)8(11)6-7/h4-6H,1-3H3. The van der Waals surface area contributed by atoms with Gasteiger partial charge in [-0.2, -0.15) is 0 Å². The maximum atomic E-state index is 13.0. The van der Waals surface area contributed by atoms with E-state index in [0.29, 0.717) is 4.47 Å². The highest BCUT2D eigenvalue weighted by Crippen LogP contribution is 2.28. The number of ether oxygens (including phenoxy) is 2. The average Bonchev–Trinajstić information content (AvgIpc) is 2.21. The lowest BCUT2D eigenvalue weighted by atomic mass is 10.1. The van der Waals surface area contributed by atoms with Crippen LogP contribution in [0.2, 0.25) is 0 Å². The Bertz CT molecular complexity index is 324. The largest absolute Gasteiger partial charge is 0.349 e. The van der Waals surface area contributed by atoms with Gasteiger partial charge in [-0.05, 0) is 35.0 Å². The summed E-state index contributed by atoms with van der Waals surface area (Å²) in [6.07, 6.45) is 0. The van der Waals surface area contributed by atoms with Gasteiger partial charge in [0.1, 0.15) is 5.82 Å². The molecule has 78 valence electrons. The number of hydrogen-bond acceptors (Lipinski definition) is 2. The summed E-state index contributed by atoms with van der Waals surface area (Å²) in [5.41, 5.74) is 0.760. The highest BCUT2D eigenvalue weighted by Gasteiger charge is 2.25. The first-order chi connectivity index (χ1) is 6.53. The fourth-order valence-electron chi connectivity index (χ4n) is 1.10. The van der Waals surface area contributed by atoms with Crippen LogP contribution >= 0.6 is 15.9 Å². The van der Waals surface area contributed by atoms with Gasteiger partial charge in [0, 0.05) is 19.8 Å². The second kappa shape index (κ2) is 4.38. The Kier molecular flexibility index (Phi) is 3.64. The number of hydrogen-bond donors (Lipinski definition) is 0. The van der Waals surface area contributed by atoms with Gasteiger partial charge in [0.25, 0.3) is 0 Å². The summed E-state index contributed by atoms with van der Waals surface area (Å²) in [6, 6.07) is 4.64. The fraction of sp³-hybridized carbons (Fsp3) is 0.400. The monoisotopic (exact) mass is 262 g/mol. The highest BCUT2D eigenvalue weighted by atomic mass is 79.9. The minimum Gasteiger partial charge on any atom is -0.349 e. The van der Waals surface area contributed by atoms with Crippen LogP contribution in [0.3, 0.4) is 0 Å². The second-order valence-corrected chi connectivity index (χ2v) is 3.84. The summed E-state index contributed by atoms with van der Waals surface area (Å²) < 4.78 is 23.8. The van der Waals surface area contributed by atoms with Crippen molar-refractivity contribution < 1.29 is 13.9 Å². The van der Waals surface area contributed by atoms with Crippen LogP contribution in [-0.2, 0) is 15.3 Å². The maximum Gasteiger partial charge on any atom is 0.191 e. The normalized spacial score (nSPS) is 11.8. The Labute approximate surface area is 91.2 Å². The van der Waals surface area contributed by atoms with Crippen molar-refractivity contribution in [3.8, 4) is 0 Å². The van der Waals surface area contributed by atoms with Crippen molar-refractivity contribution in [3.63, 3.8) is 0 Å². The van der Waals surface area contributed by atoms with Gasteiger partial charge < -0.3 is 9.47 Å². The van der Waals surface area contributed by atoms with Crippen LogP contribution in [0.5, 0.6) is 0 Å². The van der Waals surface area contributed by atoms with Gasteiger partial charge in [-0.1, -0.05) is 6.07 Å². The van der Waals surface area contributed by atoms with Crippen LogP contribution < -0.4 is 0 Å². The Morgan fingerprint density at radius 3 is 2.29 bits per heavy atom. The molecule has 0 saturated heterocycles. The lowest BCUT2D eigenvalue weighted by Gasteiger charge is -2.26. The molecule has 4 heteroatoms. The molecular weight excluding hydrogens is 251 g/mol. The third-order valence-electron chi connectivity index (χ3n) is 2.22. The summed E-state index contributed by atoms with van der Waals surface area (Å²) in [7, 11) is 3.08. The van der Waals surface area contributed by atoms with E-state index in [0.717, 1.165) is 5.56 Å². The summed E-state index contributed by atoms with van der Waals surface area (Å²) in [5.74, 6) is -1.14. The molecule has 1 aromatic rings. The molecule has 1 aromatic carbocycles. The lowest BCUT2D eigenvalue weighted by Crippen LogP contribution is -2.26. The number of methoxy groups -OCH3 is 2. The van der Waals surface area contributed by atoms with Crippen LogP contribution in [0.25, 0.3) is 0 Å². The molecule has 0 aliphatic heterocycles. The summed E-state index contributed by atoms with van der Waals surface area (Å²) >= 11 is 3.11. The highest BCUT2D eigenvalue weighted by molar-refractivity contribution is 9.10. The first-order valence-corrected chi connectivity index (χ1v) is 4.88. The molecule has 0 atom stereocenters. The number of rotatable bonds is 3. The first-order valence-electron chi connectivity index (χ1n) is 4.09. The molecule has 0 aliphatic carbocycles. The van der Waals surface area contributed by atoms with Crippen molar-refractivity contribution in [1.82, 2.24) is 0 Å². The predicted molar refractivity (Wildman–Crippen MR) is 55.5 cm³/mol. The molecule has 0 radical (unpaired) electrons.